The average molecular weight is 309 g/mol. The fourth-order valence-corrected chi connectivity index (χ4v) is 3.25. The summed E-state index contributed by atoms with van der Waals surface area (Å²) in [5.74, 6) is -0.0218. The summed E-state index contributed by atoms with van der Waals surface area (Å²) in [6, 6.07) is 9.04. The van der Waals surface area contributed by atoms with Gasteiger partial charge in [0.25, 0.3) is 5.91 Å². The molecule has 3 nitrogen and oxygen atoms in total. The van der Waals surface area contributed by atoms with Gasteiger partial charge in [-0.2, -0.15) is 0 Å². The number of nitrogens with one attached hydrogen (secondary N) is 1. The number of likely N-dealkylation sites (tertiary alicyclic amines) is 1. The van der Waals surface area contributed by atoms with Gasteiger partial charge in [-0.3, -0.25) is 4.79 Å². The summed E-state index contributed by atoms with van der Waals surface area (Å²) >= 11 is 12.0. The first-order chi connectivity index (χ1) is 9.65. The Morgan fingerprint density at radius 1 is 1.25 bits per heavy atom. The van der Waals surface area contributed by atoms with E-state index in [4.69, 9.17) is 23.2 Å². The molecule has 1 atom stereocenters. The first kappa shape index (κ1) is 13.5. The van der Waals surface area contributed by atoms with E-state index in [1.54, 1.807) is 18.2 Å². The van der Waals surface area contributed by atoms with E-state index in [2.05, 4.69) is 4.98 Å². The van der Waals surface area contributed by atoms with Crippen LogP contribution in [0.15, 0.2) is 36.5 Å². The summed E-state index contributed by atoms with van der Waals surface area (Å²) in [6.45, 7) is 0.757. The van der Waals surface area contributed by atoms with Crippen LogP contribution in [0.25, 0.3) is 0 Å². The van der Waals surface area contributed by atoms with Gasteiger partial charge >= 0.3 is 0 Å². The second kappa shape index (κ2) is 5.51. The SMILES string of the molecule is O=C(c1cc(Cl)cc(Cl)c1)N1CCC[C@H]1c1ccc[nH]1. The van der Waals surface area contributed by atoms with E-state index in [-0.39, 0.29) is 11.9 Å². The van der Waals surface area contributed by atoms with Gasteiger partial charge in [-0.1, -0.05) is 23.2 Å². The van der Waals surface area contributed by atoms with Crippen LogP contribution in [0.4, 0.5) is 0 Å². The van der Waals surface area contributed by atoms with E-state index >= 15 is 0 Å². The topological polar surface area (TPSA) is 36.1 Å². The molecule has 3 rings (SSSR count). The lowest BCUT2D eigenvalue weighted by atomic mass is 10.1. The molecule has 20 heavy (non-hydrogen) atoms. The first-order valence-corrected chi connectivity index (χ1v) is 7.31. The van der Waals surface area contributed by atoms with E-state index in [9.17, 15) is 4.79 Å². The first-order valence-electron chi connectivity index (χ1n) is 6.55. The minimum atomic E-state index is -0.0218. The van der Waals surface area contributed by atoms with Crippen molar-refractivity contribution in [1.82, 2.24) is 9.88 Å². The van der Waals surface area contributed by atoms with E-state index in [1.807, 2.05) is 23.2 Å². The number of rotatable bonds is 2. The molecule has 0 bridgehead atoms. The smallest absolute Gasteiger partial charge is 0.254 e. The molecule has 0 saturated carbocycles. The molecular weight excluding hydrogens is 295 g/mol. The Labute approximate surface area is 127 Å². The van der Waals surface area contributed by atoms with Crippen molar-refractivity contribution >= 4 is 29.1 Å². The summed E-state index contributed by atoms with van der Waals surface area (Å²) < 4.78 is 0. The molecule has 1 aliphatic rings. The molecule has 0 unspecified atom stereocenters. The zero-order chi connectivity index (χ0) is 14.1. The molecule has 1 amide bonds. The molecule has 1 aromatic heterocycles. The summed E-state index contributed by atoms with van der Waals surface area (Å²) in [4.78, 5) is 17.7. The van der Waals surface area contributed by atoms with E-state index in [0.29, 0.717) is 15.6 Å². The largest absolute Gasteiger partial charge is 0.363 e. The Bertz CT molecular complexity index is 605. The van der Waals surface area contributed by atoms with E-state index in [0.717, 1.165) is 25.1 Å². The number of hydrogen-bond acceptors (Lipinski definition) is 1. The standard InChI is InChI=1S/C15H14Cl2N2O/c16-11-7-10(8-12(17)9-11)15(20)19-6-2-4-14(19)13-3-1-5-18-13/h1,3,5,7-9,14,18H,2,4,6H2/t14-/m0/s1. The molecule has 0 spiro atoms. The normalized spacial score (nSPS) is 18.5. The number of H-pyrrole nitrogens is 1. The Hall–Kier alpha value is -1.45. The van der Waals surface area contributed by atoms with Crippen molar-refractivity contribution in [2.45, 2.75) is 18.9 Å². The fourth-order valence-electron chi connectivity index (χ4n) is 2.73. The number of aromatic amines is 1. The van der Waals surface area contributed by atoms with Crippen molar-refractivity contribution in [3.8, 4) is 0 Å². The Balaban J connectivity index is 1.89. The highest BCUT2D eigenvalue weighted by atomic mass is 35.5. The van der Waals surface area contributed by atoms with Gasteiger partial charge in [-0.25, -0.2) is 0 Å². The summed E-state index contributed by atoms with van der Waals surface area (Å²) in [6.07, 6.45) is 3.86. The highest BCUT2D eigenvalue weighted by molar-refractivity contribution is 6.35. The molecule has 2 aromatic rings. The van der Waals surface area contributed by atoms with Gasteiger partial charge in [0.05, 0.1) is 6.04 Å². The lowest BCUT2D eigenvalue weighted by Crippen LogP contribution is -2.30. The molecule has 104 valence electrons. The predicted octanol–water partition coefficient (Wildman–Crippen LogP) is 4.30. The van der Waals surface area contributed by atoms with Gasteiger partial charge < -0.3 is 9.88 Å². The number of aromatic nitrogens is 1. The lowest BCUT2D eigenvalue weighted by molar-refractivity contribution is 0.0733. The van der Waals surface area contributed by atoms with E-state index < -0.39 is 0 Å². The van der Waals surface area contributed by atoms with Crippen molar-refractivity contribution in [2.24, 2.45) is 0 Å². The maximum Gasteiger partial charge on any atom is 0.254 e. The minimum absolute atomic E-state index is 0.0218. The molecule has 5 heteroatoms. The van der Waals surface area contributed by atoms with Crippen LogP contribution in [-0.4, -0.2) is 22.3 Å². The van der Waals surface area contributed by atoms with Crippen molar-refractivity contribution in [3.05, 3.63) is 57.8 Å². The van der Waals surface area contributed by atoms with Crippen molar-refractivity contribution in [2.75, 3.05) is 6.54 Å². The molecule has 1 aliphatic heterocycles. The predicted molar refractivity (Wildman–Crippen MR) is 80.3 cm³/mol. The second-order valence-electron chi connectivity index (χ2n) is 4.94. The van der Waals surface area contributed by atoms with Gasteiger partial charge in [0.15, 0.2) is 0 Å². The number of carbonyl (C=O) groups is 1. The second-order valence-corrected chi connectivity index (χ2v) is 5.81. The number of benzene rings is 1. The third-order valence-electron chi connectivity index (χ3n) is 3.60. The number of hydrogen-bond donors (Lipinski definition) is 1. The van der Waals surface area contributed by atoms with Gasteiger partial charge in [0, 0.05) is 34.0 Å². The van der Waals surface area contributed by atoms with Gasteiger partial charge in [0.2, 0.25) is 0 Å². The van der Waals surface area contributed by atoms with Crippen molar-refractivity contribution < 1.29 is 4.79 Å². The number of amides is 1. The summed E-state index contributed by atoms with van der Waals surface area (Å²) in [5, 5.41) is 0.966. The van der Waals surface area contributed by atoms with Crippen LogP contribution in [0, 0.1) is 0 Å². The molecule has 1 fully saturated rings. The van der Waals surface area contributed by atoms with Crippen LogP contribution >= 0.6 is 23.2 Å². The summed E-state index contributed by atoms with van der Waals surface area (Å²) in [7, 11) is 0. The molecule has 0 radical (unpaired) electrons. The quantitative estimate of drug-likeness (QED) is 0.882. The lowest BCUT2D eigenvalue weighted by Gasteiger charge is -2.24. The molecule has 0 aliphatic carbocycles. The van der Waals surface area contributed by atoms with Crippen molar-refractivity contribution in [3.63, 3.8) is 0 Å². The van der Waals surface area contributed by atoms with Crippen LogP contribution in [0.5, 0.6) is 0 Å². The van der Waals surface area contributed by atoms with Crippen LogP contribution in [0.3, 0.4) is 0 Å². The van der Waals surface area contributed by atoms with Gasteiger partial charge in [-0.15, -0.1) is 0 Å². The third kappa shape index (κ3) is 2.56. The zero-order valence-electron chi connectivity index (χ0n) is 10.8. The number of halogens is 2. The Kier molecular flexibility index (Phi) is 3.72. The molecule has 2 heterocycles. The molecule has 1 N–H and O–H groups in total. The maximum absolute atomic E-state index is 12.7. The van der Waals surface area contributed by atoms with Gasteiger partial charge in [-0.05, 0) is 43.2 Å². The maximum atomic E-state index is 12.7. The van der Waals surface area contributed by atoms with Gasteiger partial charge in [0.1, 0.15) is 0 Å². The van der Waals surface area contributed by atoms with E-state index in [1.165, 1.54) is 0 Å². The Morgan fingerprint density at radius 2 is 2.00 bits per heavy atom. The van der Waals surface area contributed by atoms with Crippen LogP contribution in [0.2, 0.25) is 10.0 Å². The molecule has 1 saturated heterocycles. The highest BCUT2D eigenvalue weighted by Gasteiger charge is 2.31. The number of nitrogens with zero attached hydrogens (tertiary/aromatic N) is 1. The monoisotopic (exact) mass is 308 g/mol. The highest BCUT2D eigenvalue weighted by Crippen LogP contribution is 2.33. The number of carbonyl (C=O) groups excluding carboxylic acids is 1. The Morgan fingerprint density at radius 3 is 2.65 bits per heavy atom. The fraction of sp³-hybridized carbons (Fsp3) is 0.267. The average Bonchev–Trinajstić information content (AvgIpc) is 3.07. The molecular formula is C15H14Cl2N2O. The summed E-state index contributed by atoms with van der Waals surface area (Å²) in [5.41, 5.74) is 1.62. The third-order valence-corrected chi connectivity index (χ3v) is 4.04. The van der Waals surface area contributed by atoms with Crippen LogP contribution in [-0.2, 0) is 0 Å². The molecule has 1 aromatic carbocycles. The minimum Gasteiger partial charge on any atom is -0.363 e. The zero-order valence-corrected chi connectivity index (χ0v) is 12.3. The van der Waals surface area contributed by atoms with Crippen molar-refractivity contribution in [1.29, 1.82) is 0 Å². The van der Waals surface area contributed by atoms with Crippen LogP contribution < -0.4 is 0 Å². The van der Waals surface area contributed by atoms with Crippen LogP contribution in [0.1, 0.15) is 34.9 Å².